The predicted molar refractivity (Wildman–Crippen MR) is 51.4 cm³/mol. The molecule has 5 nitrogen and oxygen atoms in total. The van der Waals surface area contributed by atoms with Gasteiger partial charge in [-0.3, -0.25) is 9.59 Å². The summed E-state index contributed by atoms with van der Waals surface area (Å²) in [5, 5.41) is 5.06. The minimum Gasteiger partial charge on any atom is -0.353 e. The summed E-state index contributed by atoms with van der Waals surface area (Å²) >= 11 is 1.13. The van der Waals surface area contributed by atoms with Gasteiger partial charge >= 0.3 is 0 Å². The van der Waals surface area contributed by atoms with Crippen molar-refractivity contribution >= 4 is 22.9 Å². The van der Waals surface area contributed by atoms with Gasteiger partial charge in [0.25, 0.3) is 5.24 Å². The molecule has 0 radical (unpaired) electrons. The Bertz CT molecular complexity index is 220. The molecule has 6 heteroatoms. The first-order valence-electron chi connectivity index (χ1n) is 4.06. The Morgan fingerprint density at radius 1 is 1.92 bits per heavy atom. The van der Waals surface area contributed by atoms with Crippen LogP contribution in [0, 0.1) is 0 Å². The smallest absolute Gasteiger partial charge is 0.279 e. The number of hydrogen-bond donors (Lipinski definition) is 3. The SMILES string of the molecule is CC(N)CNC(=O)C1CSC(=O)N1. The first-order valence-corrected chi connectivity index (χ1v) is 5.04. The molecular formula is C7H13N3O2S. The molecule has 2 atom stereocenters. The molecule has 13 heavy (non-hydrogen) atoms. The van der Waals surface area contributed by atoms with E-state index in [0.717, 1.165) is 11.8 Å². The lowest BCUT2D eigenvalue weighted by molar-refractivity contribution is -0.122. The van der Waals surface area contributed by atoms with Crippen LogP contribution in [-0.4, -0.2) is 35.5 Å². The van der Waals surface area contributed by atoms with Crippen molar-refractivity contribution in [2.45, 2.75) is 19.0 Å². The van der Waals surface area contributed by atoms with E-state index in [1.165, 1.54) is 0 Å². The van der Waals surface area contributed by atoms with E-state index in [1.54, 1.807) is 0 Å². The van der Waals surface area contributed by atoms with Crippen molar-refractivity contribution in [1.82, 2.24) is 10.6 Å². The standard InChI is InChI=1S/C7H13N3O2S/c1-4(8)2-9-6(11)5-3-13-7(12)10-5/h4-5H,2-3,8H2,1H3,(H,9,11)(H,10,12). The van der Waals surface area contributed by atoms with E-state index in [-0.39, 0.29) is 17.2 Å². The average Bonchev–Trinajstić information content (AvgIpc) is 2.47. The van der Waals surface area contributed by atoms with E-state index in [0.29, 0.717) is 12.3 Å². The number of nitrogens with two attached hydrogens (primary N) is 1. The highest BCUT2D eigenvalue weighted by Crippen LogP contribution is 2.12. The molecule has 74 valence electrons. The molecule has 1 fully saturated rings. The third-order valence-corrected chi connectivity index (χ3v) is 2.47. The molecule has 1 aliphatic heterocycles. The minimum atomic E-state index is -0.392. The maximum atomic E-state index is 11.3. The van der Waals surface area contributed by atoms with E-state index >= 15 is 0 Å². The molecule has 0 aromatic carbocycles. The molecule has 0 spiro atoms. The van der Waals surface area contributed by atoms with Gasteiger partial charge in [-0.05, 0) is 6.92 Å². The highest BCUT2D eigenvalue weighted by atomic mass is 32.2. The fourth-order valence-corrected chi connectivity index (χ4v) is 1.69. The second-order valence-electron chi connectivity index (χ2n) is 3.02. The molecule has 0 aliphatic carbocycles. The van der Waals surface area contributed by atoms with Crippen LogP contribution in [0.5, 0.6) is 0 Å². The lowest BCUT2D eigenvalue weighted by Crippen LogP contribution is -2.46. The van der Waals surface area contributed by atoms with Gasteiger partial charge in [0.2, 0.25) is 5.91 Å². The van der Waals surface area contributed by atoms with Gasteiger partial charge < -0.3 is 16.4 Å². The van der Waals surface area contributed by atoms with Crippen molar-refractivity contribution in [2.75, 3.05) is 12.3 Å². The fraction of sp³-hybridized carbons (Fsp3) is 0.714. The monoisotopic (exact) mass is 203 g/mol. The van der Waals surface area contributed by atoms with Crippen molar-refractivity contribution in [3.05, 3.63) is 0 Å². The number of nitrogens with one attached hydrogen (secondary N) is 2. The van der Waals surface area contributed by atoms with Gasteiger partial charge in [0, 0.05) is 18.3 Å². The van der Waals surface area contributed by atoms with E-state index in [1.807, 2.05) is 6.92 Å². The quantitative estimate of drug-likeness (QED) is 0.565. The maximum Gasteiger partial charge on any atom is 0.279 e. The summed E-state index contributed by atoms with van der Waals surface area (Å²) in [6.45, 7) is 2.25. The van der Waals surface area contributed by atoms with Crippen LogP contribution in [0.1, 0.15) is 6.92 Å². The molecule has 0 aromatic rings. The van der Waals surface area contributed by atoms with E-state index in [4.69, 9.17) is 5.73 Å². The molecule has 1 rings (SSSR count). The number of hydrogen-bond acceptors (Lipinski definition) is 4. The topological polar surface area (TPSA) is 84.2 Å². The Morgan fingerprint density at radius 2 is 2.62 bits per heavy atom. The first-order chi connectivity index (χ1) is 6.09. The van der Waals surface area contributed by atoms with Crippen molar-refractivity contribution < 1.29 is 9.59 Å². The van der Waals surface area contributed by atoms with Gasteiger partial charge in [0.15, 0.2) is 0 Å². The lowest BCUT2D eigenvalue weighted by Gasteiger charge is -2.11. The van der Waals surface area contributed by atoms with Gasteiger partial charge in [0.1, 0.15) is 6.04 Å². The predicted octanol–water partition coefficient (Wildman–Crippen LogP) is -0.725. The van der Waals surface area contributed by atoms with E-state index in [2.05, 4.69) is 10.6 Å². The molecular weight excluding hydrogens is 190 g/mol. The number of amides is 2. The van der Waals surface area contributed by atoms with Crippen LogP contribution in [0.2, 0.25) is 0 Å². The van der Waals surface area contributed by atoms with Crippen LogP contribution in [0.4, 0.5) is 4.79 Å². The number of carbonyl (C=O) groups excluding carboxylic acids is 2. The van der Waals surface area contributed by atoms with Crippen LogP contribution >= 0.6 is 11.8 Å². The molecule has 0 saturated carbocycles. The Balaban J connectivity index is 2.27. The Kier molecular flexibility index (Phi) is 3.56. The molecule has 1 heterocycles. The number of rotatable bonds is 3. The van der Waals surface area contributed by atoms with Crippen molar-refractivity contribution in [2.24, 2.45) is 5.73 Å². The largest absolute Gasteiger partial charge is 0.353 e. The molecule has 2 amide bonds. The van der Waals surface area contributed by atoms with Gasteiger partial charge in [-0.1, -0.05) is 11.8 Å². The zero-order chi connectivity index (χ0) is 9.84. The molecule has 1 saturated heterocycles. The summed E-state index contributed by atoms with van der Waals surface area (Å²) in [6, 6.07) is -0.454. The minimum absolute atomic E-state index is 0.0614. The third kappa shape index (κ3) is 3.23. The fourth-order valence-electron chi connectivity index (χ4n) is 0.911. The van der Waals surface area contributed by atoms with Crippen LogP contribution in [-0.2, 0) is 4.79 Å². The maximum absolute atomic E-state index is 11.3. The van der Waals surface area contributed by atoms with Crippen LogP contribution in [0.3, 0.4) is 0 Å². The van der Waals surface area contributed by atoms with Crippen molar-refractivity contribution in [3.8, 4) is 0 Å². The van der Waals surface area contributed by atoms with Crippen molar-refractivity contribution in [3.63, 3.8) is 0 Å². The van der Waals surface area contributed by atoms with Crippen LogP contribution in [0.15, 0.2) is 0 Å². The average molecular weight is 203 g/mol. The Morgan fingerprint density at radius 3 is 3.08 bits per heavy atom. The van der Waals surface area contributed by atoms with E-state index < -0.39 is 6.04 Å². The first kappa shape index (κ1) is 10.3. The zero-order valence-corrected chi connectivity index (χ0v) is 8.19. The summed E-state index contributed by atoms with van der Waals surface area (Å²) in [6.07, 6.45) is 0. The Hall–Kier alpha value is -0.750. The number of thioether (sulfide) groups is 1. The van der Waals surface area contributed by atoms with E-state index in [9.17, 15) is 9.59 Å². The highest BCUT2D eigenvalue weighted by molar-refractivity contribution is 8.14. The molecule has 0 bridgehead atoms. The van der Waals surface area contributed by atoms with Crippen LogP contribution in [0.25, 0.3) is 0 Å². The second kappa shape index (κ2) is 4.48. The second-order valence-corrected chi connectivity index (χ2v) is 4.01. The molecule has 1 aliphatic rings. The molecule has 0 aromatic heterocycles. The normalized spacial score (nSPS) is 23.8. The summed E-state index contributed by atoms with van der Waals surface area (Å²) in [7, 11) is 0. The lowest BCUT2D eigenvalue weighted by atomic mass is 10.3. The molecule has 2 unspecified atom stereocenters. The van der Waals surface area contributed by atoms with Gasteiger partial charge in [-0.15, -0.1) is 0 Å². The zero-order valence-electron chi connectivity index (χ0n) is 7.37. The summed E-state index contributed by atoms with van der Waals surface area (Å²) in [5.74, 6) is 0.347. The van der Waals surface area contributed by atoms with Crippen molar-refractivity contribution in [1.29, 1.82) is 0 Å². The number of carbonyl (C=O) groups is 2. The third-order valence-electron chi connectivity index (χ3n) is 1.59. The summed E-state index contributed by atoms with van der Waals surface area (Å²) in [4.78, 5) is 22.0. The highest BCUT2D eigenvalue weighted by Gasteiger charge is 2.27. The summed E-state index contributed by atoms with van der Waals surface area (Å²) < 4.78 is 0. The summed E-state index contributed by atoms with van der Waals surface area (Å²) in [5.41, 5.74) is 5.46. The van der Waals surface area contributed by atoms with Gasteiger partial charge in [0.05, 0.1) is 0 Å². The molecule has 4 N–H and O–H groups in total. The van der Waals surface area contributed by atoms with Gasteiger partial charge in [-0.2, -0.15) is 0 Å². The van der Waals surface area contributed by atoms with Gasteiger partial charge in [-0.25, -0.2) is 0 Å². The van der Waals surface area contributed by atoms with Crippen LogP contribution < -0.4 is 16.4 Å². The Labute approximate surface area is 80.8 Å².